The van der Waals surface area contributed by atoms with Crippen molar-refractivity contribution >= 4 is 88.1 Å². The first-order valence-electron chi connectivity index (χ1n) is 30.7. The average molecular weight is 1450 g/mol. The molecule has 97 heavy (non-hydrogen) atoms. The van der Waals surface area contributed by atoms with Crippen LogP contribution in [0.1, 0.15) is 144 Å². The molecule has 34 nitrogen and oxygen atoms in total. The average Bonchev–Trinajstić information content (AvgIpc) is 1.59. The second-order valence-electron chi connectivity index (χ2n) is 26.0. The Bertz CT molecular complexity index is 3310. The number of phosphoric ester groups is 2. The predicted molar refractivity (Wildman–Crippen MR) is 352 cm³/mol. The first-order chi connectivity index (χ1) is 44.2. The number of nitrogens with two attached hydrogens (primary N) is 7. The molecular weight excluding hydrogens is 1350 g/mol. The molecule has 547 valence electrons. The van der Waals surface area contributed by atoms with E-state index in [1.165, 1.54) is 6.92 Å². The molecule has 0 spiro atoms. The maximum absolute atomic E-state index is 14.1. The fraction of sp³-hybridized carbons (Fsp3) is 0.650. The van der Waals surface area contributed by atoms with E-state index in [9.17, 15) is 63.6 Å². The van der Waals surface area contributed by atoms with E-state index in [-0.39, 0.29) is 107 Å². The minimum atomic E-state index is -5.82. The van der Waals surface area contributed by atoms with Gasteiger partial charge in [-0.3, -0.25) is 63.2 Å². The summed E-state index contributed by atoms with van der Waals surface area (Å²) in [6, 6.07) is -0.639. The minimum absolute atomic E-state index is 0. The zero-order valence-electron chi connectivity index (χ0n) is 56.7. The number of hydrogen-bond donors (Lipinski definition) is 12. The van der Waals surface area contributed by atoms with Crippen LogP contribution in [0.5, 0.6) is 0 Å². The second-order valence-corrected chi connectivity index (χ2v) is 28.9. The number of aromatic nitrogens is 2. The Hall–Kier alpha value is -6.27. The van der Waals surface area contributed by atoms with Crippen molar-refractivity contribution in [3.8, 4) is 0 Å². The Labute approximate surface area is 575 Å². The molecule has 6 amide bonds. The number of aliphatic imine (C=N–C) groups is 3. The topological polar surface area (TPSA) is 591 Å². The van der Waals surface area contributed by atoms with E-state index in [2.05, 4.69) is 25.2 Å². The number of fused-ring (bicyclic) bond motifs is 1. The number of anilines is 1. The Morgan fingerprint density at radius 2 is 1.51 bits per heavy atom. The van der Waals surface area contributed by atoms with Crippen molar-refractivity contribution in [2.24, 2.45) is 106 Å². The zero-order valence-corrected chi connectivity index (χ0v) is 59.5. The van der Waals surface area contributed by atoms with Gasteiger partial charge in [0.15, 0.2) is 18.2 Å². The third kappa shape index (κ3) is 20.5. The normalized spacial score (nSPS) is 28.9. The van der Waals surface area contributed by atoms with Crippen molar-refractivity contribution in [1.29, 1.82) is 0 Å². The van der Waals surface area contributed by atoms with Gasteiger partial charge in [-0.15, -0.1) is 0 Å². The van der Waals surface area contributed by atoms with Crippen LogP contribution in [-0.2, 0) is 77.6 Å². The number of allylic oxidation sites excluding steroid dienone is 6. The van der Waals surface area contributed by atoms with Gasteiger partial charge in [0.1, 0.15) is 37.7 Å². The molecule has 1 aromatic rings. The molecule has 37 heteroatoms. The van der Waals surface area contributed by atoms with Gasteiger partial charge >= 0.3 is 16.8 Å². The number of hydrogen-bond acceptors (Lipinski definition) is 26. The number of aliphatic hydroxyl groups is 2. The van der Waals surface area contributed by atoms with Crippen LogP contribution in [0.2, 0.25) is 0 Å². The number of carbonyl (C=O) groups excluding carboxylic acids is 8. The molecule has 1 fully saturated rings. The van der Waals surface area contributed by atoms with Crippen molar-refractivity contribution < 1.29 is 102 Å². The smallest absolute Gasteiger partial charge is 0.756 e. The molecule has 1 aromatic heterocycles. The van der Waals surface area contributed by atoms with Gasteiger partial charge in [0.2, 0.25) is 29.5 Å². The fourth-order valence-corrected chi connectivity index (χ4v) is 15.6. The standard InChI is InChI=1S/C57H93N16O16P2.2CH2O.CH3.Co/c1-27(2)43(64)32(12-15-39(61)75)57(10,24-59)30(5)45-34(21-58)56(9,49(70-45)29(4)44-33(13-16-40(62)76)54(6,7)37(69-44)19-35-31(11-14-38(60)74)55(8,25-67-35)20-41(63)77)18-17-42(78)66-22-28(3)88-91(84,85)89-90(82,83)86-23-36-47(79)48(80)52(87-36)73-26-68-46-50(73)71-53(65)72-51(46)81;2*1-2;;/h19,25-26,28,30-34,36,45,47-48,52-53,64,79-80H,11-18,20-24,58-59,65H2,1-10H3,(H2,60,74)(H2,61,75)(H2,62,76)(H2,63,77)(H,66,78)(H,82,83)(H,84,85)(H2,71,72,81);2*1H2;1H3;/q-1;;;-1;+2/p-2/b35-19-,44-29-;;;;. The summed E-state index contributed by atoms with van der Waals surface area (Å²) in [4.78, 5) is 137. The summed E-state index contributed by atoms with van der Waals surface area (Å²) >= 11 is 0. The van der Waals surface area contributed by atoms with Gasteiger partial charge in [0.05, 0.1) is 25.1 Å². The molecule has 17 unspecified atom stereocenters. The third-order valence-electron chi connectivity index (χ3n) is 18.9. The molecule has 5 aliphatic heterocycles. The van der Waals surface area contributed by atoms with Gasteiger partial charge in [-0.25, -0.2) is 9.29 Å². The van der Waals surface area contributed by atoms with Crippen molar-refractivity contribution in [2.75, 3.05) is 31.6 Å². The number of imidazole rings is 1. The van der Waals surface area contributed by atoms with Gasteiger partial charge in [0.25, 0.3) is 21.6 Å². The number of carbonyl (C=O) groups is 8. The van der Waals surface area contributed by atoms with E-state index < -0.39 is 158 Å². The minimum Gasteiger partial charge on any atom is -0.756 e. The summed E-state index contributed by atoms with van der Waals surface area (Å²) in [5.74, 6) is -5.94. The van der Waals surface area contributed by atoms with Gasteiger partial charge < -0.3 is 107 Å². The van der Waals surface area contributed by atoms with Gasteiger partial charge in [-0.05, 0) is 95.4 Å². The molecular formula is C60H98CoN16O18P2-2. The van der Waals surface area contributed by atoms with Crippen molar-refractivity contribution in [2.45, 2.75) is 170 Å². The van der Waals surface area contributed by atoms with E-state index in [1.807, 2.05) is 68.1 Å². The molecule has 5 aliphatic rings. The van der Waals surface area contributed by atoms with Crippen LogP contribution in [0.4, 0.5) is 5.82 Å². The zero-order chi connectivity index (χ0) is 72.3. The maximum Gasteiger partial charge on any atom is 2.00 e. The Balaban J connectivity index is 0.00000523. The van der Waals surface area contributed by atoms with Crippen LogP contribution in [0, 0.1) is 58.7 Å². The van der Waals surface area contributed by atoms with Crippen LogP contribution in [0.25, 0.3) is 5.73 Å². The number of aliphatic hydroxyl groups excluding tert-OH is 2. The summed E-state index contributed by atoms with van der Waals surface area (Å²) in [6.07, 6.45) is -4.01. The Morgan fingerprint density at radius 3 is 2.05 bits per heavy atom. The van der Waals surface area contributed by atoms with Crippen molar-refractivity contribution in [1.82, 2.24) is 20.2 Å². The predicted octanol–water partition coefficient (Wildman–Crippen LogP) is 0.851. The second kappa shape index (κ2) is 35.7. The number of phosphoric acid groups is 2. The van der Waals surface area contributed by atoms with E-state index in [1.54, 1.807) is 20.1 Å². The van der Waals surface area contributed by atoms with Crippen LogP contribution >= 0.6 is 15.6 Å². The van der Waals surface area contributed by atoms with Crippen molar-refractivity contribution in [3.05, 3.63) is 59.5 Å². The largest absolute Gasteiger partial charge is 2.00 e. The summed E-state index contributed by atoms with van der Waals surface area (Å²) in [5, 5.41) is 29.3. The molecule has 0 aromatic carbocycles. The number of ether oxygens (including phenoxy) is 1. The van der Waals surface area contributed by atoms with Gasteiger partial charge in [-0.2, -0.15) is 5.70 Å². The third-order valence-corrected chi connectivity index (χ3v) is 21.6. The summed E-state index contributed by atoms with van der Waals surface area (Å²) in [5.41, 5.74) is 51.5. The Morgan fingerprint density at radius 1 is 0.918 bits per heavy atom. The summed E-state index contributed by atoms with van der Waals surface area (Å²) in [6.45, 7) is 20.8. The van der Waals surface area contributed by atoms with E-state index in [0.717, 1.165) is 10.9 Å². The van der Waals surface area contributed by atoms with E-state index in [0.29, 0.717) is 39.7 Å². The van der Waals surface area contributed by atoms with Crippen LogP contribution in [-0.4, -0.2) is 149 Å². The first kappa shape index (κ1) is 86.8. The number of primary amides is 4. The van der Waals surface area contributed by atoms with E-state index in [4.69, 9.17) is 78.5 Å². The van der Waals surface area contributed by atoms with Gasteiger partial charge in [-0.1, -0.05) is 47.1 Å². The molecule has 17 atom stereocenters. The van der Waals surface area contributed by atoms with E-state index >= 15 is 0 Å². The van der Waals surface area contributed by atoms with Crippen molar-refractivity contribution in [3.63, 3.8) is 0 Å². The molecule has 0 bridgehead atoms. The molecule has 1 saturated heterocycles. The first-order valence-corrected chi connectivity index (χ1v) is 33.6. The maximum atomic E-state index is 14.1. The van der Waals surface area contributed by atoms with Crippen LogP contribution in [0.3, 0.4) is 0 Å². The SMILES string of the molecule is C=O.C=O.CC(C)=C([NH-])C(CCC(N)=O)C(C)(CN)C(C)C1N=C(/C(C)=C2N=C(/C=C3\N=CC(C)(CC(N)=O)C3CCC(N)=O)C(C)(C)C\2CCC(N)=O)C(C)(CCC(=O)NCC(C)OP(=O)([O-])OP(=O)([O-])OCC2OC(n3cnc4c3NC(N)NC4=O)C(O)C2O)C1CN.[CH3-].[Co+2]. The fourth-order valence-electron chi connectivity index (χ4n) is 13.4. The molecule has 20 N–H and O–H groups in total. The molecule has 0 saturated carbocycles. The number of amides is 6. The molecule has 1 radical (unpaired) electrons. The van der Waals surface area contributed by atoms with Gasteiger partial charge in [0, 0.05) is 102 Å². The monoisotopic (exact) mass is 1450 g/mol. The molecule has 6 rings (SSSR count). The number of nitrogens with zero attached hydrogens (tertiary/aromatic N) is 5. The number of rotatable bonds is 32. The van der Waals surface area contributed by atoms with Crippen LogP contribution < -0.4 is 65.9 Å². The Kier molecular flexibility index (Phi) is 31.9. The summed E-state index contributed by atoms with van der Waals surface area (Å²) in [7, 11) is -11.6. The quantitative estimate of drug-likeness (QED) is 0.0351. The molecule has 0 aliphatic carbocycles. The van der Waals surface area contributed by atoms with Crippen LogP contribution in [0.15, 0.2) is 55.6 Å². The summed E-state index contributed by atoms with van der Waals surface area (Å²) < 4.78 is 46.8. The number of nitrogens with one attached hydrogen (secondary N) is 4. The molecule has 6 heterocycles.